The highest BCUT2D eigenvalue weighted by Crippen LogP contribution is 2.24. The molecule has 1 amide bonds. The van der Waals surface area contributed by atoms with Crippen LogP contribution >= 0.6 is 15.9 Å². The number of aryl methyl sites for hydroxylation is 1. The van der Waals surface area contributed by atoms with E-state index >= 15 is 0 Å². The topological polar surface area (TPSA) is 55.4 Å². The molecule has 0 radical (unpaired) electrons. The molecule has 1 unspecified atom stereocenters. The lowest BCUT2D eigenvalue weighted by Crippen LogP contribution is -2.35. The average Bonchev–Trinajstić information content (AvgIpc) is 2.24. The minimum Gasteiger partial charge on any atom is -0.444 e. The smallest absolute Gasteiger partial charge is 0.408 e. The summed E-state index contributed by atoms with van der Waals surface area (Å²) in [4.78, 5) is 22.8. The number of benzene rings is 1. The highest BCUT2D eigenvalue weighted by molar-refractivity contribution is 9.10. The predicted octanol–water partition coefficient (Wildman–Crippen LogP) is 3.52. The van der Waals surface area contributed by atoms with Crippen LogP contribution in [-0.2, 0) is 9.53 Å². The molecule has 0 heterocycles. The van der Waals surface area contributed by atoms with Crippen molar-refractivity contribution in [3.8, 4) is 0 Å². The van der Waals surface area contributed by atoms with Crippen LogP contribution in [0.1, 0.15) is 37.9 Å². The Bertz CT molecular complexity index is 480. The van der Waals surface area contributed by atoms with Crippen LogP contribution < -0.4 is 5.32 Å². The highest BCUT2D eigenvalue weighted by Gasteiger charge is 2.21. The van der Waals surface area contributed by atoms with Crippen molar-refractivity contribution in [1.82, 2.24) is 5.32 Å². The van der Waals surface area contributed by atoms with Crippen LogP contribution in [0.15, 0.2) is 22.7 Å². The van der Waals surface area contributed by atoms with Gasteiger partial charge in [0.2, 0.25) is 0 Å². The molecule has 104 valence electrons. The minimum atomic E-state index is -0.732. The Morgan fingerprint density at radius 2 is 2.05 bits per heavy atom. The molecule has 1 atom stereocenters. The maximum Gasteiger partial charge on any atom is 0.408 e. The van der Waals surface area contributed by atoms with Crippen molar-refractivity contribution in [1.29, 1.82) is 0 Å². The molecule has 0 aromatic heterocycles. The number of ether oxygens (including phenoxy) is 1. The number of carbonyl (C=O) groups excluding carboxylic acids is 2. The summed E-state index contributed by atoms with van der Waals surface area (Å²) in [7, 11) is 0. The SMILES string of the molecule is Cc1ccc(C(C=O)NC(=O)OC(C)(C)C)c(Br)c1. The number of hydrogen-bond donors (Lipinski definition) is 1. The maximum atomic E-state index is 11.7. The molecule has 0 saturated carbocycles. The summed E-state index contributed by atoms with van der Waals surface area (Å²) in [5.74, 6) is 0. The second kappa shape index (κ2) is 6.19. The minimum absolute atomic E-state index is 0.595. The normalized spacial score (nSPS) is 12.7. The van der Waals surface area contributed by atoms with Crippen molar-refractivity contribution in [2.75, 3.05) is 0 Å². The second-order valence-corrected chi connectivity index (χ2v) is 6.14. The number of halogens is 1. The van der Waals surface area contributed by atoms with Crippen LogP contribution in [0.25, 0.3) is 0 Å². The third-order valence-corrected chi connectivity index (χ3v) is 2.99. The zero-order valence-corrected chi connectivity index (χ0v) is 13.1. The van der Waals surface area contributed by atoms with E-state index in [0.29, 0.717) is 11.8 Å². The Hall–Kier alpha value is -1.36. The number of alkyl carbamates (subject to hydrolysis) is 1. The van der Waals surface area contributed by atoms with Crippen LogP contribution in [0.2, 0.25) is 0 Å². The molecule has 1 aromatic rings. The first-order chi connectivity index (χ1) is 8.73. The van der Waals surface area contributed by atoms with Gasteiger partial charge in [-0.1, -0.05) is 28.1 Å². The molecule has 1 rings (SSSR count). The van der Waals surface area contributed by atoms with Gasteiger partial charge in [0, 0.05) is 4.47 Å². The van der Waals surface area contributed by atoms with Gasteiger partial charge in [-0.2, -0.15) is 0 Å². The van der Waals surface area contributed by atoms with E-state index < -0.39 is 17.7 Å². The molecule has 0 fully saturated rings. The molecule has 1 aromatic carbocycles. The Morgan fingerprint density at radius 3 is 2.53 bits per heavy atom. The largest absolute Gasteiger partial charge is 0.444 e. The summed E-state index contributed by atoms with van der Waals surface area (Å²) in [6.07, 6.45) is 0.0661. The fourth-order valence-electron chi connectivity index (χ4n) is 1.50. The lowest BCUT2D eigenvalue weighted by molar-refractivity contribution is -0.109. The van der Waals surface area contributed by atoms with E-state index in [1.807, 2.05) is 19.1 Å². The Kier molecular flexibility index (Phi) is 5.11. The van der Waals surface area contributed by atoms with E-state index in [0.717, 1.165) is 10.0 Å². The number of hydrogen-bond acceptors (Lipinski definition) is 3. The molecular formula is C14H18BrNO3. The maximum absolute atomic E-state index is 11.7. The molecule has 19 heavy (non-hydrogen) atoms. The summed E-state index contributed by atoms with van der Waals surface area (Å²) in [6.45, 7) is 7.25. The van der Waals surface area contributed by atoms with Crippen molar-refractivity contribution >= 4 is 28.3 Å². The lowest BCUT2D eigenvalue weighted by Gasteiger charge is -2.22. The predicted molar refractivity (Wildman–Crippen MR) is 77.1 cm³/mol. The van der Waals surface area contributed by atoms with Crippen molar-refractivity contribution in [2.24, 2.45) is 0 Å². The monoisotopic (exact) mass is 327 g/mol. The molecular weight excluding hydrogens is 310 g/mol. The molecule has 0 saturated heterocycles. The van der Waals surface area contributed by atoms with Gasteiger partial charge >= 0.3 is 6.09 Å². The fourth-order valence-corrected chi connectivity index (χ4v) is 2.24. The highest BCUT2D eigenvalue weighted by atomic mass is 79.9. The first kappa shape index (κ1) is 15.7. The molecule has 4 nitrogen and oxygen atoms in total. The molecule has 0 bridgehead atoms. The van der Waals surface area contributed by atoms with Gasteiger partial charge in [-0.05, 0) is 44.9 Å². The van der Waals surface area contributed by atoms with E-state index in [9.17, 15) is 9.59 Å². The Labute approximate surface area is 121 Å². The molecule has 0 aliphatic rings. The van der Waals surface area contributed by atoms with Crippen LogP contribution in [0.4, 0.5) is 4.79 Å². The number of carbonyl (C=O) groups is 2. The second-order valence-electron chi connectivity index (χ2n) is 5.28. The van der Waals surface area contributed by atoms with Gasteiger partial charge in [0.15, 0.2) is 0 Å². The van der Waals surface area contributed by atoms with Crippen LogP contribution in [0.3, 0.4) is 0 Å². The van der Waals surface area contributed by atoms with Crippen molar-refractivity contribution in [2.45, 2.75) is 39.3 Å². The van der Waals surface area contributed by atoms with Gasteiger partial charge in [-0.3, -0.25) is 0 Å². The van der Waals surface area contributed by atoms with E-state index in [-0.39, 0.29) is 0 Å². The van der Waals surface area contributed by atoms with Crippen LogP contribution in [-0.4, -0.2) is 18.0 Å². The Morgan fingerprint density at radius 1 is 1.42 bits per heavy atom. The summed E-state index contributed by atoms with van der Waals surface area (Å²) in [5, 5.41) is 2.54. The van der Waals surface area contributed by atoms with Gasteiger partial charge in [0.1, 0.15) is 17.9 Å². The fraction of sp³-hybridized carbons (Fsp3) is 0.429. The standard InChI is InChI=1S/C14H18BrNO3/c1-9-5-6-10(11(15)7-9)12(8-17)16-13(18)19-14(2,3)4/h5-8,12H,1-4H3,(H,16,18). The van der Waals surface area contributed by atoms with Gasteiger partial charge in [0.05, 0.1) is 0 Å². The van der Waals surface area contributed by atoms with Gasteiger partial charge in [-0.25, -0.2) is 4.79 Å². The summed E-state index contributed by atoms with van der Waals surface area (Å²) >= 11 is 3.39. The average molecular weight is 328 g/mol. The van der Waals surface area contributed by atoms with E-state index in [1.54, 1.807) is 26.8 Å². The molecule has 1 N–H and O–H groups in total. The van der Waals surface area contributed by atoms with Gasteiger partial charge < -0.3 is 14.8 Å². The zero-order valence-electron chi connectivity index (χ0n) is 11.5. The van der Waals surface area contributed by atoms with Crippen molar-refractivity contribution < 1.29 is 14.3 Å². The number of nitrogens with one attached hydrogen (secondary N) is 1. The van der Waals surface area contributed by atoms with Crippen molar-refractivity contribution in [3.05, 3.63) is 33.8 Å². The first-order valence-electron chi connectivity index (χ1n) is 5.94. The molecule has 0 spiro atoms. The van der Waals surface area contributed by atoms with E-state index in [2.05, 4.69) is 21.2 Å². The van der Waals surface area contributed by atoms with Crippen LogP contribution in [0, 0.1) is 6.92 Å². The quantitative estimate of drug-likeness (QED) is 0.864. The molecule has 0 aliphatic carbocycles. The number of amides is 1. The van der Waals surface area contributed by atoms with Crippen molar-refractivity contribution in [3.63, 3.8) is 0 Å². The summed E-state index contributed by atoms with van der Waals surface area (Å²) in [6, 6.07) is 4.84. The number of aldehydes is 1. The molecule has 0 aliphatic heterocycles. The summed E-state index contributed by atoms with van der Waals surface area (Å²) < 4.78 is 5.91. The third kappa shape index (κ3) is 5.03. The van der Waals surface area contributed by atoms with E-state index in [4.69, 9.17) is 4.74 Å². The summed E-state index contributed by atoms with van der Waals surface area (Å²) in [5.41, 5.74) is 1.17. The molecule has 5 heteroatoms. The first-order valence-corrected chi connectivity index (χ1v) is 6.73. The van der Waals surface area contributed by atoms with Gasteiger partial charge in [-0.15, -0.1) is 0 Å². The van der Waals surface area contributed by atoms with Gasteiger partial charge in [0.25, 0.3) is 0 Å². The Balaban J connectivity index is 2.84. The lowest BCUT2D eigenvalue weighted by atomic mass is 10.1. The zero-order chi connectivity index (χ0) is 14.6. The van der Waals surface area contributed by atoms with E-state index in [1.165, 1.54) is 0 Å². The van der Waals surface area contributed by atoms with Crippen LogP contribution in [0.5, 0.6) is 0 Å². The third-order valence-electron chi connectivity index (χ3n) is 2.30. The number of rotatable bonds is 3.